The fourth-order valence-electron chi connectivity index (χ4n) is 1.48. The van der Waals surface area contributed by atoms with Gasteiger partial charge in [0.15, 0.2) is 0 Å². The monoisotopic (exact) mass is 245 g/mol. The highest BCUT2D eigenvalue weighted by molar-refractivity contribution is 5.85. The number of nitrogens with two attached hydrogens (primary N) is 1. The third-order valence-corrected chi connectivity index (χ3v) is 3.12. The van der Waals surface area contributed by atoms with Crippen LogP contribution in [0.4, 0.5) is 0 Å². The highest BCUT2D eigenvalue weighted by Gasteiger charge is 2.23. The fraction of sp³-hybridized carbons (Fsp3) is 0.917. The van der Waals surface area contributed by atoms with Gasteiger partial charge in [-0.1, -0.05) is 32.9 Å². The van der Waals surface area contributed by atoms with Crippen LogP contribution >= 0.6 is 0 Å². The third kappa shape index (κ3) is 6.48. The summed E-state index contributed by atoms with van der Waals surface area (Å²) in [7, 11) is 0. The van der Waals surface area contributed by atoms with E-state index in [1.54, 1.807) is 0 Å². The lowest BCUT2D eigenvalue weighted by Gasteiger charge is -2.26. The maximum atomic E-state index is 8.90. The van der Waals surface area contributed by atoms with Gasteiger partial charge in [-0.05, 0) is 24.8 Å². The Morgan fingerprint density at radius 2 is 1.82 bits per heavy atom. The van der Waals surface area contributed by atoms with Crippen LogP contribution in [0.1, 0.15) is 40.5 Å². The van der Waals surface area contributed by atoms with E-state index in [0.29, 0.717) is 0 Å². The van der Waals surface area contributed by atoms with Crippen molar-refractivity contribution in [1.29, 1.82) is 0 Å². The number of oxime groups is 1. The summed E-state index contributed by atoms with van der Waals surface area (Å²) in [6, 6.07) is 0. The molecule has 0 radical (unpaired) electrons. The number of aliphatic hydroxyl groups is 1. The molecule has 0 aromatic carbocycles. The van der Waals surface area contributed by atoms with Crippen molar-refractivity contribution in [2.75, 3.05) is 19.7 Å². The van der Waals surface area contributed by atoms with Gasteiger partial charge in [-0.2, -0.15) is 0 Å². The predicted molar refractivity (Wildman–Crippen MR) is 70.2 cm³/mol. The summed E-state index contributed by atoms with van der Waals surface area (Å²) in [6.45, 7) is 9.99. The summed E-state index contributed by atoms with van der Waals surface area (Å²) < 4.78 is 0. The van der Waals surface area contributed by atoms with E-state index in [9.17, 15) is 0 Å². The first kappa shape index (κ1) is 16.2. The maximum absolute atomic E-state index is 8.90. The van der Waals surface area contributed by atoms with Gasteiger partial charge in [-0.15, -0.1) is 0 Å². The SMILES string of the molecule is CC(C)(CCO)CNCCC(C)(C)C(N)=NO. The first-order valence-electron chi connectivity index (χ1n) is 6.05. The summed E-state index contributed by atoms with van der Waals surface area (Å²) in [5, 5.41) is 23.9. The van der Waals surface area contributed by atoms with Gasteiger partial charge in [0.1, 0.15) is 5.84 Å². The van der Waals surface area contributed by atoms with Crippen molar-refractivity contribution in [3.63, 3.8) is 0 Å². The lowest BCUT2D eigenvalue weighted by Crippen LogP contribution is -2.37. The minimum Gasteiger partial charge on any atom is -0.409 e. The van der Waals surface area contributed by atoms with Crippen LogP contribution in [0, 0.1) is 10.8 Å². The Kier molecular flexibility index (Phi) is 6.49. The van der Waals surface area contributed by atoms with Gasteiger partial charge < -0.3 is 21.4 Å². The molecule has 17 heavy (non-hydrogen) atoms. The topological polar surface area (TPSA) is 90.9 Å². The van der Waals surface area contributed by atoms with Gasteiger partial charge in [0.25, 0.3) is 0 Å². The molecule has 0 aromatic heterocycles. The van der Waals surface area contributed by atoms with Gasteiger partial charge in [0.05, 0.1) is 0 Å². The molecule has 0 heterocycles. The van der Waals surface area contributed by atoms with Crippen LogP contribution < -0.4 is 11.1 Å². The molecular formula is C12H27N3O2. The predicted octanol–water partition coefficient (Wildman–Crippen LogP) is 1.15. The Labute approximate surface area is 104 Å². The summed E-state index contributed by atoms with van der Waals surface area (Å²) in [6.07, 6.45) is 1.59. The lowest BCUT2D eigenvalue weighted by molar-refractivity contribution is 0.206. The van der Waals surface area contributed by atoms with E-state index < -0.39 is 0 Å². The Bertz CT molecular complexity index is 250. The van der Waals surface area contributed by atoms with Crippen molar-refractivity contribution in [2.24, 2.45) is 21.7 Å². The molecule has 0 fully saturated rings. The lowest BCUT2D eigenvalue weighted by atomic mass is 9.87. The van der Waals surface area contributed by atoms with E-state index in [0.717, 1.165) is 25.9 Å². The molecule has 0 atom stereocenters. The molecule has 0 amide bonds. The molecule has 0 aliphatic carbocycles. The number of nitrogens with one attached hydrogen (secondary N) is 1. The summed E-state index contributed by atoms with van der Waals surface area (Å²) in [5.41, 5.74) is 5.40. The first-order valence-corrected chi connectivity index (χ1v) is 6.05. The van der Waals surface area contributed by atoms with Crippen LogP contribution in [0.5, 0.6) is 0 Å². The largest absolute Gasteiger partial charge is 0.409 e. The highest BCUT2D eigenvalue weighted by Crippen LogP contribution is 2.21. The molecule has 5 nitrogen and oxygen atoms in total. The maximum Gasteiger partial charge on any atom is 0.144 e. The second-order valence-electron chi connectivity index (χ2n) is 5.93. The molecule has 0 saturated heterocycles. The van der Waals surface area contributed by atoms with Crippen molar-refractivity contribution in [2.45, 2.75) is 40.5 Å². The average Bonchev–Trinajstić information content (AvgIpc) is 2.23. The molecule has 0 spiro atoms. The van der Waals surface area contributed by atoms with Gasteiger partial charge in [-0.3, -0.25) is 0 Å². The Morgan fingerprint density at radius 3 is 2.29 bits per heavy atom. The van der Waals surface area contributed by atoms with Crippen molar-refractivity contribution in [3.05, 3.63) is 0 Å². The molecule has 0 aliphatic rings. The standard InChI is InChI=1S/C12H27N3O2/c1-11(2,6-8-16)9-14-7-5-12(3,4)10(13)15-17/h14,16-17H,5-9H2,1-4H3,(H2,13,15). The molecule has 0 bridgehead atoms. The van der Waals surface area contributed by atoms with Gasteiger partial charge in [-0.25, -0.2) is 0 Å². The molecule has 0 rings (SSSR count). The highest BCUT2D eigenvalue weighted by atomic mass is 16.4. The molecule has 0 aromatic rings. The minimum absolute atomic E-state index is 0.0928. The zero-order valence-electron chi connectivity index (χ0n) is 11.5. The number of hydrogen-bond donors (Lipinski definition) is 4. The minimum atomic E-state index is -0.303. The first-order chi connectivity index (χ1) is 7.75. The zero-order chi connectivity index (χ0) is 13.5. The molecule has 0 saturated carbocycles. The molecular weight excluding hydrogens is 218 g/mol. The van der Waals surface area contributed by atoms with Crippen LogP contribution in [0.3, 0.4) is 0 Å². The van der Waals surface area contributed by atoms with Crippen molar-refractivity contribution < 1.29 is 10.3 Å². The summed E-state index contributed by atoms with van der Waals surface area (Å²) in [4.78, 5) is 0. The van der Waals surface area contributed by atoms with Gasteiger partial charge in [0, 0.05) is 18.6 Å². The second-order valence-corrected chi connectivity index (χ2v) is 5.93. The normalized spacial score (nSPS) is 14.1. The van der Waals surface area contributed by atoms with E-state index in [2.05, 4.69) is 24.3 Å². The fourth-order valence-corrected chi connectivity index (χ4v) is 1.48. The molecule has 102 valence electrons. The van der Waals surface area contributed by atoms with Gasteiger partial charge >= 0.3 is 0 Å². The third-order valence-electron chi connectivity index (χ3n) is 3.12. The molecule has 5 heteroatoms. The number of rotatable bonds is 8. The summed E-state index contributed by atoms with van der Waals surface area (Å²) >= 11 is 0. The Hall–Kier alpha value is -0.810. The smallest absolute Gasteiger partial charge is 0.144 e. The van der Waals surface area contributed by atoms with E-state index in [1.807, 2.05) is 13.8 Å². The molecule has 0 aliphatic heterocycles. The number of aliphatic hydroxyl groups excluding tert-OH is 1. The van der Waals surface area contributed by atoms with Crippen LogP contribution in [0.2, 0.25) is 0 Å². The second kappa shape index (κ2) is 6.81. The van der Waals surface area contributed by atoms with E-state index in [4.69, 9.17) is 16.0 Å². The molecule has 5 N–H and O–H groups in total. The zero-order valence-corrected chi connectivity index (χ0v) is 11.5. The Morgan fingerprint density at radius 1 is 1.24 bits per heavy atom. The van der Waals surface area contributed by atoms with Crippen molar-refractivity contribution in [3.8, 4) is 0 Å². The van der Waals surface area contributed by atoms with Crippen LogP contribution in [0.15, 0.2) is 5.16 Å². The van der Waals surface area contributed by atoms with Crippen LogP contribution in [-0.4, -0.2) is 35.8 Å². The van der Waals surface area contributed by atoms with Crippen molar-refractivity contribution >= 4 is 5.84 Å². The number of nitrogens with zero attached hydrogens (tertiary/aromatic N) is 1. The van der Waals surface area contributed by atoms with Crippen LogP contribution in [-0.2, 0) is 0 Å². The average molecular weight is 245 g/mol. The quantitative estimate of drug-likeness (QED) is 0.170. The number of amidine groups is 1. The molecule has 0 unspecified atom stereocenters. The van der Waals surface area contributed by atoms with E-state index in [1.165, 1.54) is 0 Å². The van der Waals surface area contributed by atoms with Gasteiger partial charge in [0.2, 0.25) is 0 Å². The number of hydrogen-bond acceptors (Lipinski definition) is 4. The van der Waals surface area contributed by atoms with E-state index >= 15 is 0 Å². The summed E-state index contributed by atoms with van der Waals surface area (Å²) in [5.74, 6) is 0.258. The Balaban J connectivity index is 3.93. The van der Waals surface area contributed by atoms with E-state index in [-0.39, 0.29) is 23.3 Å². The van der Waals surface area contributed by atoms with Crippen molar-refractivity contribution in [1.82, 2.24) is 5.32 Å². The van der Waals surface area contributed by atoms with Crippen LogP contribution in [0.25, 0.3) is 0 Å².